The summed E-state index contributed by atoms with van der Waals surface area (Å²) in [5, 5.41) is 5.16. The van der Waals surface area contributed by atoms with E-state index in [0.29, 0.717) is 6.54 Å². The van der Waals surface area contributed by atoms with E-state index in [1.807, 2.05) is 19.1 Å². The Morgan fingerprint density at radius 3 is 2.67 bits per heavy atom. The molecule has 0 aliphatic heterocycles. The molecular weight excluding hydrogens is 356 g/mol. The largest absolute Gasteiger partial charge is 0.363 e. The van der Waals surface area contributed by atoms with Gasteiger partial charge in [0.2, 0.25) is 0 Å². The number of H-pyrrole nitrogens is 1. The van der Waals surface area contributed by atoms with Crippen molar-refractivity contribution < 1.29 is 4.90 Å². The number of unbranched alkanes of at least 4 members (excludes halogenated alkanes) is 1. The fourth-order valence-electron chi connectivity index (χ4n) is 3.13. The summed E-state index contributed by atoms with van der Waals surface area (Å²) in [4.78, 5) is 19.2. The first-order chi connectivity index (χ1) is 12.8. The lowest BCUT2D eigenvalue weighted by atomic mass is 10.0. The van der Waals surface area contributed by atoms with Crippen molar-refractivity contribution in [3.8, 4) is 0 Å². The van der Waals surface area contributed by atoms with Gasteiger partial charge in [-0.15, -0.1) is 0 Å². The zero-order valence-corrected chi connectivity index (χ0v) is 18.1. The van der Waals surface area contributed by atoms with Crippen LogP contribution in [0, 0.1) is 13.8 Å². The minimum Gasteiger partial charge on any atom is -0.363 e. The summed E-state index contributed by atoms with van der Waals surface area (Å²) in [6.45, 7) is 9.45. The molecule has 1 aromatic heterocycles. The molecular formula is C21H33N4OS+. The lowest BCUT2D eigenvalue weighted by Gasteiger charge is -2.26. The lowest BCUT2D eigenvalue weighted by Crippen LogP contribution is -3.06. The molecule has 0 bridgehead atoms. The van der Waals surface area contributed by atoms with Crippen LogP contribution in [0.5, 0.6) is 0 Å². The number of pyridine rings is 1. The zero-order chi connectivity index (χ0) is 20.0. The molecule has 0 radical (unpaired) electrons. The van der Waals surface area contributed by atoms with Crippen molar-refractivity contribution in [3.05, 3.63) is 45.2 Å². The van der Waals surface area contributed by atoms with E-state index in [0.717, 1.165) is 59.6 Å². The van der Waals surface area contributed by atoms with Crippen LogP contribution in [0.15, 0.2) is 23.0 Å². The molecule has 5 nitrogen and oxygen atoms in total. The molecule has 27 heavy (non-hydrogen) atoms. The standard InChI is InChI=1S/C21H32N4OS/c1-6-7-8-22-21(27)25(10-9-24(4)5)14-17-13-18-16(3)11-15(2)12-19(18)23-20(17)26/h11-13H,6-10,14H2,1-5H3,(H,22,27)(H,23,26)/p+1. The van der Waals surface area contributed by atoms with Gasteiger partial charge in [-0.2, -0.15) is 0 Å². The smallest absolute Gasteiger partial charge is 0.253 e. The number of aromatic amines is 1. The van der Waals surface area contributed by atoms with Crippen molar-refractivity contribution in [1.29, 1.82) is 0 Å². The Bertz CT molecular complexity index is 844. The van der Waals surface area contributed by atoms with Gasteiger partial charge in [0.05, 0.1) is 33.7 Å². The highest BCUT2D eigenvalue weighted by atomic mass is 32.1. The van der Waals surface area contributed by atoms with Crippen LogP contribution in [0.2, 0.25) is 0 Å². The predicted octanol–water partition coefficient (Wildman–Crippen LogP) is 1.77. The number of nitrogens with one attached hydrogen (secondary N) is 3. The van der Waals surface area contributed by atoms with Gasteiger partial charge in [-0.25, -0.2) is 0 Å². The van der Waals surface area contributed by atoms with Crippen molar-refractivity contribution in [2.75, 3.05) is 33.7 Å². The quantitative estimate of drug-likeness (QED) is 0.476. The van der Waals surface area contributed by atoms with Crippen LogP contribution in [0.1, 0.15) is 36.5 Å². The second kappa shape index (κ2) is 9.85. The van der Waals surface area contributed by atoms with E-state index in [2.05, 4.69) is 49.2 Å². The number of fused-ring (bicyclic) bond motifs is 1. The van der Waals surface area contributed by atoms with Gasteiger partial charge >= 0.3 is 0 Å². The van der Waals surface area contributed by atoms with E-state index in [-0.39, 0.29) is 5.56 Å². The Balaban J connectivity index is 2.28. The summed E-state index contributed by atoms with van der Waals surface area (Å²) in [6, 6.07) is 6.19. The minimum absolute atomic E-state index is 0.0361. The predicted molar refractivity (Wildman–Crippen MR) is 118 cm³/mol. The highest BCUT2D eigenvalue weighted by Crippen LogP contribution is 2.19. The number of benzene rings is 1. The fourth-order valence-corrected chi connectivity index (χ4v) is 3.39. The van der Waals surface area contributed by atoms with Gasteiger partial charge in [0.25, 0.3) is 5.56 Å². The minimum atomic E-state index is -0.0361. The van der Waals surface area contributed by atoms with Crippen molar-refractivity contribution in [2.24, 2.45) is 0 Å². The zero-order valence-electron chi connectivity index (χ0n) is 17.2. The van der Waals surface area contributed by atoms with Crippen LogP contribution in [0.3, 0.4) is 0 Å². The van der Waals surface area contributed by atoms with Gasteiger partial charge in [0.1, 0.15) is 0 Å². The Hall–Kier alpha value is -1.92. The number of likely N-dealkylation sites (N-methyl/N-ethyl adjacent to an activating group) is 1. The molecule has 0 unspecified atom stereocenters. The van der Waals surface area contributed by atoms with E-state index in [1.165, 1.54) is 10.5 Å². The third-order valence-corrected chi connectivity index (χ3v) is 5.13. The lowest BCUT2D eigenvalue weighted by molar-refractivity contribution is -0.857. The van der Waals surface area contributed by atoms with Crippen LogP contribution in [-0.4, -0.2) is 48.7 Å². The maximum Gasteiger partial charge on any atom is 0.253 e. The first-order valence-corrected chi connectivity index (χ1v) is 10.2. The third-order valence-electron chi connectivity index (χ3n) is 4.73. The van der Waals surface area contributed by atoms with Crippen LogP contribution in [-0.2, 0) is 6.54 Å². The fraction of sp³-hybridized carbons (Fsp3) is 0.524. The number of aryl methyl sites for hydroxylation is 2. The molecule has 0 spiro atoms. The molecule has 6 heteroatoms. The highest BCUT2D eigenvalue weighted by molar-refractivity contribution is 7.80. The second-order valence-corrected chi connectivity index (χ2v) is 8.02. The molecule has 1 aromatic carbocycles. The molecule has 2 rings (SSSR count). The van der Waals surface area contributed by atoms with Crippen LogP contribution in [0.25, 0.3) is 10.9 Å². The first kappa shape index (κ1) is 21.4. The average Bonchev–Trinajstić information content (AvgIpc) is 2.59. The number of rotatable bonds is 8. The monoisotopic (exact) mass is 389 g/mol. The number of hydrogen-bond acceptors (Lipinski definition) is 2. The van der Waals surface area contributed by atoms with Gasteiger partial charge < -0.3 is 20.1 Å². The van der Waals surface area contributed by atoms with Crippen molar-refractivity contribution in [1.82, 2.24) is 15.2 Å². The normalized spacial score (nSPS) is 11.2. The molecule has 0 fully saturated rings. The molecule has 1 heterocycles. The first-order valence-electron chi connectivity index (χ1n) is 9.76. The molecule has 2 aromatic rings. The Morgan fingerprint density at radius 1 is 1.26 bits per heavy atom. The van der Waals surface area contributed by atoms with Crippen molar-refractivity contribution in [3.63, 3.8) is 0 Å². The molecule has 0 aliphatic carbocycles. The number of nitrogens with zero attached hydrogens (tertiary/aromatic N) is 1. The molecule has 0 saturated heterocycles. The van der Waals surface area contributed by atoms with Crippen molar-refractivity contribution in [2.45, 2.75) is 40.2 Å². The van der Waals surface area contributed by atoms with E-state index >= 15 is 0 Å². The summed E-state index contributed by atoms with van der Waals surface area (Å²) in [7, 11) is 4.25. The summed E-state index contributed by atoms with van der Waals surface area (Å²) in [6.07, 6.45) is 2.21. The number of aromatic nitrogens is 1. The van der Waals surface area contributed by atoms with Crippen LogP contribution in [0.4, 0.5) is 0 Å². The Morgan fingerprint density at radius 2 is 2.00 bits per heavy atom. The van der Waals surface area contributed by atoms with Gasteiger partial charge in [0.15, 0.2) is 5.11 Å². The topological polar surface area (TPSA) is 52.6 Å². The van der Waals surface area contributed by atoms with Crippen molar-refractivity contribution >= 4 is 28.2 Å². The summed E-state index contributed by atoms with van der Waals surface area (Å²) < 4.78 is 0. The molecule has 0 amide bonds. The molecule has 148 valence electrons. The average molecular weight is 390 g/mol. The van der Waals surface area contributed by atoms with Crippen LogP contribution >= 0.6 is 12.2 Å². The van der Waals surface area contributed by atoms with E-state index in [1.54, 1.807) is 0 Å². The van der Waals surface area contributed by atoms with Crippen LogP contribution < -0.4 is 15.8 Å². The summed E-state index contributed by atoms with van der Waals surface area (Å²) >= 11 is 5.62. The number of quaternary nitrogens is 1. The Kier molecular flexibility index (Phi) is 7.80. The molecule has 3 N–H and O–H groups in total. The third kappa shape index (κ3) is 6.04. The number of thiocarbonyl (C=S) groups is 1. The Labute approximate surface area is 167 Å². The van der Waals surface area contributed by atoms with Gasteiger partial charge in [0, 0.05) is 23.0 Å². The summed E-state index contributed by atoms with van der Waals surface area (Å²) in [5.41, 5.74) is 3.94. The number of hydrogen-bond donors (Lipinski definition) is 3. The van der Waals surface area contributed by atoms with Gasteiger partial charge in [-0.05, 0) is 55.7 Å². The highest BCUT2D eigenvalue weighted by Gasteiger charge is 2.15. The van der Waals surface area contributed by atoms with Gasteiger partial charge in [-0.3, -0.25) is 4.79 Å². The maximum absolute atomic E-state index is 12.7. The molecule has 0 aliphatic rings. The van der Waals surface area contributed by atoms with Gasteiger partial charge in [-0.1, -0.05) is 19.4 Å². The molecule has 0 atom stereocenters. The van der Waals surface area contributed by atoms with E-state index < -0.39 is 0 Å². The maximum atomic E-state index is 12.7. The van der Waals surface area contributed by atoms with E-state index in [9.17, 15) is 4.79 Å². The summed E-state index contributed by atoms with van der Waals surface area (Å²) in [5.74, 6) is 0. The van der Waals surface area contributed by atoms with E-state index in [4.69, 9.17) is 12.2 Å². The molecule has 0 saturated carbocycles. The SMILES string of the molecule is CCCCNC(=S)N(CC[NH+](C)C)Cc1cc2c(C)cc(C)cc2[nH]c1=O. The second-order valence-electron chi connectivity index (χ2n) is 7.63.